The molecule has 1 saturated heterocycles. The van der Waals surface area contributed by atoms with Crippen molar-refractivity contribution >= 4 is 17.5 Å². The highest BCUT2D eigenvalue weighted by atomic mass is 19.1. The molecule has 6 heteroatoms. The average Bonchev–Trinajstić information content (AvgIpc) is 2.77. The van der Waals surface area contributed by atoms with Gasteiger partial charge in [0.2, 0.25) is 11.8 Å². The quantitative estimate of drug-likeness (QED) is 0.800. The number of piperazine rings is 1. The van der Waals surface area contributed by atoms with Crippen LogP contribution in [0.5, 0.6) is 0 Å². The van der Waals surface area contributed by atoms with Crippen LogP contribution in [0.25, 0.3) is 0 Å². The number of rotatable bonds is 4. The highest BCUT2D eigenvalue weighted by molar-refractivity contribution is 5.84. The first kappa shape index (κ1) is 19.4. The SMILES string of the molecule is O=C(CCC(=O)N1CCc2ccccc2C1)N1CCN(c2ccc(F)cc2)CC1. The van der Waals surface area contributed by atoms with Gasteiger partial charge in [-0.1, -0.05) is 24.3 Å². The summed E-state index contributed by atoms with van der Waals surface area (Å²) in [4.78, 5) is 31.0. The maximum absolute atomic E-state index is 13.1. The van der Waals surface area contributed by atoms with Gasteiger partial charge in [-0.25, -0.2) is 4.39 Å². The van der Waals surface area contributed by atoms with Crippen molar-refractivity contribution in [2.75, 3.05) is 37.6 Å². The number of halogens is 1. The molecular formula is C23H26FN3O2. The summed E-state index contributed by atoms with van der Waals surface area (Å²) in [6.45, 7) is 4.05. The predicted molar refractivity (Wildman–Crippen MR) is 110 cm³/mol. The fraction of sp³-hybridized carbons (Fsp3) is 0.391. The molecule has 0 aliphatic carbocycles. The molecule has 0 saturated carbocycles. The summed E-state index contributed by atoms with van der Waals surface area (Å²) in [6.07, 6.45) is 1.40. The molecule has 0 aromatic heterocycles. The predicted octanol–water partition coefficient (Wildman–Crippen LogP) is 2.84. The Hall–Kier alpha value is -2.89. The number of nitrogens with zero attached hydrogens (tertiary/aromatic N) is 3. The van der Waals surface area contributed by atoms with Crippen molar-refractivity contribution in [1.29, 1.82) is 0 Å². The Labute approximate surface area is 170 Å². The molecule has 2 aliphatic heterocycles. The Bertz CT molecular complexity index is 876. The summed E-state index contributed by atoms with van der Waals surface area (Å²) in [6, 6.07) is 14.7. The molecular weight excluding hydrogens is 369 g/mol. The monoisotopic (exact) mass is 395 g/mol. The minimum Gasteiger partial charge on any atom is -0.368 e. The summed E-state index contributed by atoms with van der Waals surface area (Å²) in [5, 5.41) is 0. The zero-order valence-corrected chi connectivity index (χ0v) is 16.5. The van der Waals surface area contributed by atoms with E-state index in [9.17, 15) is 14.0 Å². The standard InChI is InChI=1S/C23H26FN3O2/c24-20-5-7-21(8-6-20)25-13-15-26(16-14-25)22(28)9-10-23(29)27-12-11-18-3-1-2-4-19(18)17-27/h1-8H,9-17H2. The van der Waals surface area contributed by atoms with Crippen LogP contribution in [0, 0.1) is 5.82 Å². The number of fused-ring (bicyclic) bond motifs is 1. The van der Waals surface area contributed by atoms with Gasteiger partial charge in [0.1, 0.15) is 5.82 Å². The molecule has 4 rings (SSSR count). The third-order valence-corrected chi connectivity index (χ3v) is 5.86. The molecule has 2 heterocycles. The molecule has 1 fully saturated rings. The number of hydrogen-bond donors (Lipinski definition) is 0. The zero-order valence-electron chi connectivity index (χ0n) is 16.5. The lowest BCUT2D eigenvalue weighted by Crippen LogP contribution is -2.49. The Balaban J connectivity index is 1.23. The van der Waals surface area contributed by atoms with Crippen molar-refractivity contribution in [3.05, 3.63) is 65.5 Å². The van der Waals surface area contributed by atoms with Gasteiger partial charge < -0.3 is 14.7 Å². The Morgan fingerprint density at radius 2 is 1.38 bits per heavy atom. The largest absolute Gasteiger partial charge is 0.368 e. The molecule has 2 aromatic carbocycles. The molecule has 0 unspecified atom stereocenters. The first-order chi connectivity index (χ1) is 14.1. The van der Waals surface area contributed by atoms with E-state index in [0.717, 1.165) is 18.7 Å². The van der Waals surface area contributed by atoms with Gasteiger partial charge in [0, 0.05) is 57.8 Å². The van der Waals surface area contributed by atoms with Crippen LogP contribution in [0.15, 0.2) is 48.5 Å². The first-order valence-corrected chi connectivity index (χ1v) is 10.2. The summed E-state index contributed by atoms with van der Waals surface area (Å²) in [5.41, 5.74) is 3.49. The van der Waals surface area contributed by atoms with Gasteiger partial charge in [-0.2, -0.15) is 0 Å². The van der Waals surface area contributed by atoms with E-state index in [1.165, 1.54) is 23.3 Å². The topological polar surface area (TPSA) is 43.9 Å². The second-order valence-electron chi connectivity index (χ2n) is 7.68. The van der Waals surface area contributed by atoms with E-state index >= 15 is 0 Å². The molecule has 2 aliphatic rings. The van der Waals surface area contributed by atoms with E-state index in [2.05, 4.69) is 17.0 Å². The minimum atomic E-state index is -0.246. The van der Waals surface area contributed by atoms with Crippen LogP contribution in [0.1, 0.15) is 24.0 Å². The normalized spacial score (nSPS) is 16.5. The van der Waals surface area contributed by atoms with Gasteiger partial charge in [-0.05, 0) is 41.8 Å². The highest BCUT2D eigenvalue weighted by Crippen LogP contribution is 2.20. The van der Waals surface area contributed by atoms with Gasteiger partial charge >= 0.3 is 0 Å². The number of hydrogen-bond acceptors (Lipinski definition) is 3. The molecule has 0 radical (unpaired) electrons. The van der Waals surface area contributed by atoms with Crippen LogP contribution in [-0.4, -0.2) is 54.3 Å². The average molecular weight is 395 g/mol. The number of benzene rings is 2. The second-order valence-corrected chi connectivity index (χ2v) is 7.68. The van der Waals surface area contributed by atoms with Crippen LogP contribution in [-0.2, 0) is 22.6 Å². The molecule has 2 amide bonds. The Morgan fingerprint density at radius 3 is 2.07 bits per heavy atom. The van der Waals surface area contributed by atoms with Crippen molar-refractivity contribution in [2.45, 2.75) is 25.8 Å². The van der Waals surface area contributed by atoms with Crippen LogP contribution < -0.4 is 4.90 Å². The minimum absolute atomic E-state index is 0.0366. The summed E-state index contributed by atoms with van der Waals surface area (Å²) in [7, 11) is 0. The van der Waals surface area contributed by atoms with Gasteiger partial charge in [0.15, 0.2) is 0 Å². The smallest absolute Gasteiger partial charge is 0.223 e. The van der Waals surface area contributed by atoms with Gasteiger partial charge in [-0.3, -0.25) is 9.59 Å². The molecule has 5 nitrogen and oxygen atoms in total. The van der Waals surface area contributed by atoms with E-state index in [1.807, 2.05) is 21.9 Å². The number of carbonyl (C=O) groups is 2. The van der Waals surface area contributed by atoms with Crippen molar-refractivity contribution in [3.8, 4) is 0 Å². The van der Waals surface area contributed by atoms with Gasteiger partial charge in [0.25, 0.3) is 0 Å². The summed E-state index contributed by atoms with van der Waals surface area (Å²) < 4.78 is 13.1. The lowest BCUT2D eigenvalue weighted by Gasteiger charge is -2.36. The van der Waals surface area contributed by atoms with Gasteiger partial charge in [-0.15, -0.1) is 0 Å². The molecule has 152 valence electrons. The fourth-order valence-electron chi connectivity index (χ4n) is 4.10. The Morgan fingerprint density at radius 1 is 0.759 bits per heavy atom. The van der Waals surface area contributed by atoms with E-state index in [1.54, 1.807) is 12.1 Å². The number of carbonyl (C=O) groups excluding carboxylic acids is 2. The van der Waals surface area contributed by atoms with E-state index < -0.39 is 0 Å². The summed E-state index contributed by atoms with van der Waals surface area (Å²) >= 11 is 0. The maximum atomic E-state index is 13.1. The molecule has 29 heavy (non-hydrogen) atoms. The molecule has 2 aromatic rings. The highest BCUT2D eigenvalue weighted by Gasteiger charge is 2.24. The van der Waals surface area contributed by atoms with E-state index in [4.69, 9.17) is 0 Å². The number of amides is 2. The lowest BCUT2D eigenvalue weighted by molar-refractivity contribution is -0.137. The van der Waals surface area contributed by atoms with E-state index in [-0.39, 0.29) is 30.5 Å². The fourth-order valence-corrected chi connectivity index (χ4v) is 4.10. The van der Waals surface area contributed by atoms with Crippen molar-refractivity contribution in [3.63, 3.8) is 0 Å². The van der Waals surface area contributed by atoms with Crippen LogP contribution in [0.3, 0.4) is 0 Å². The molecule has 0 atom stereocenters. The molecule has 0 bridgehead atoms. The second kappa shape index (κ2) is 8.64. The third kappa shape index (κ3) is 4.58. The van der Waals surface area contributed by atoms with Crippen LogP contribution >= 0.6 is 0 Å². The van der Waals surface area contributed by atoms with Gasteiger partial charge in [0.05, 0.1) is 0 Å². The molecule has 0 spiro atoms. The van der Waals surface area contributed by atoms with Crippen molar-refractivity contribution < 1.29 is 14.0 Å². The van der Waals surface area contributed by atoms with Crippen molar-refractivity contribution in [2.24, 2.45) is 0 Å². The number of anilines is 1. The molecule has 0 N–H and O–H groups in total. The van der Waals surface area contributed by atoms with Crippen LogP contribution in [0.4, 0.5) is 10.1 Å². The van der Waals surface area contributed by atoms with Crippen LogP contribution in [0.2, 0.25) is 0 Å². The Kier molecular flexibility index (Phi) is 5.79. The maximum Gasteiger partial charge on any atom is 0.223 e. The summed E-state index contributed by atoms with van der Waals surface area (Å²) in [5.74, 6) is -0.156. The third-order valence-electron chi connectivity index (χ3n) is 5.86. The first-order valence-electron chi connectivity index (χ1n) is 10.2. The zero-order chi connectivity index (χ0) is 20.2. The van der Waals surface area contributed by atoms with Crippen molar-refractivity contribution in [1.82, 2.24) is 9.80 Å². The lowest BCUT2D eigenvalue weighted by atomic mass is 9.99. The van der Waals surface area contributed by atoms with E-state index in [0.29, 0.717) is 32.7 Å².